The normalized spacial score (nSPS) is 10.3. The highest BCUT2D eigenvalue weighted by atomic mass is 32.1. The number of hydrogen-bond acceptors (Lipinski definition) is 5. The number of hydrogen-bond donors (Lipinski definition) is 2. The molecule has 0 atom stereocenters. The largest absolute Gasteiger partial charge is 0.484 e. The van der Waals surface area contributed by atoms with Crippen LogP contribution in [-0.2, 0) is 22.4 Å². The summed E-state index contributed by atoms with van der Waals surface area (Å²) < 4.78 is 5.48. The van der Waals surface area contributed by atoms with Crippen molar-refractivity contribution < 1.29 is 14.3 Å². The molecule has 1 aromatic heterocycles. The number of benzene rings is 2. The number of anilines is 2. The molecule has 0 bridgehead atoms. The Morgan fingerprint density at radius 3 is 2.46 bits per heavy atom. The lowest BCUT2D eigenvalue weighted by Gasteiger charge is -2.06. The van der Waals surface area contributed by atoms with Crippen molar-refractivity contribution in [3.8, 4) is 5.75 Å². The first-order valence-corrected chi connectivity index (χ1v) is 9.81. The van der Waals surface area contributed by atoms with Gasteiger partial charge in [0.15, 0.2) is 11.7 Å². The molecule has 0 saturated heterocycles. The molecule has 0 unspecified atom stereocenters. The monoisotopic (exact) mass is 395 g/mol. The Hall–Kier alpha value is -3.19. The fraction of sp³-hybridized carbons (Fsp3) is 0.190. The van der Waals surface area contributed by atoms with Gasteiger partial charge in [-0.2, -0.15) is 0 Å². The molecule has 6 nitrogen and oxygen atoms in total. The molecule has 2 N–H and O–H groups in total. The van der Waals surface area contributed by atoms with E-state index in [0.29, 0.717) is 16.6 Å². The maximum absolute atomic E-state index is 12.1. The zero-order valence-electron chi connectivity index (χ0n) is 15.5. The SMILES string of the molecule is CCc1ccc(OCC(=O)Nc2nc(CC(=O)Nc3ccccc3)cs2)cc1. The van der Waals surface area contributed by atoms with Gasteiger partial charge in [0.05, 0.1) is 12.1 Å². The average molecular weight is 395 g/mol. The molecule has 3 aromatic rings. The van der Waals surface area contributed by atoms with Crippen molar-refractivity contribution in [1.82, 2.24) is 4.98 Å². The fourth-order valence-corrected chi connectivity index (χ4v) is 3.19. The molecule has 0 aliphatic heterocycles. The van der Waals surface area contributed by atoms with Crippen LogP contribution in [-0.4, -0.2) is 23.4 Å². The molecule has 0 aliphatic carbocycles. The van der Waals surface area contributed by atoms with Gasteiger partial charge < -0.3 is 10.1 Å². The molecular formula is C21H21N3O3S. The van der Waals surface area contributed by atoms with Gasteiger partial charge >= 0.3 is 0 Å². The van der Waals surface area contributed by atoms with Crippen molar-refractivity contribution in [2.24, 2.45) is 0 Å². The molecule has 0 aliphatic rings. The predicted molar refractivity (Wildman–Crippen MR) is 111 cm³/mol. The first-order valence-electron chi connectivity index (χ1n) is 8.93. The van der Waals surface area contributed by atoms with Crippen molar-refractivity contribution in [2.45, 2.75) is 19.8 Å². The lowest BCUT2D eigenvalue weighted by molar-refractivity contribution is -0.118. The van der Waals surface area contributed by atoms with Crippen LogP contribution in [0.25, 0.3) is 0 Å². The Morgan fingerprint density at radius 2 is 1.75 bits per heavy atom. The summed E-state index contributed by atoms with van der Waals surface area (Å²) in [6.07, 6.45) is 1.10. The predicted octanol–water partition coefficient (Wildman–Crippen LogP) is 3.90. The summed E-state index contributed by atoms with van der Waals surface area (Å²) in [5, 5.41) is 7.69. The van der Waals surface area contributed by atoms with Crippen LogP contribution in [0.15, 0.2) is 60.0 Å². The van der Waals surface area contributed by atoms with Crippen LogP contribution in [0.5, 0.6) is 5.75 Å². The number of rotatable bonds is 8. The van der Waals surface area contributed by atoms with Crippen molar-refractivity contribution in [3.63, 3.8) is 0 Å². The maximum Gasteiger partial charge on any atom is 0.264 e. The van der Waals surface area contributed by atoms with Gasteiger partial charge in [0.1, 0.15) is 5.75 Å². The van der Waals surface area contributed by atoms with E-state index in [0.717, 1.165) is 12.1 Å². The first-order chi connectivity index (χ1) is 13.6. The highest BCUT2D eigenvalue weighted by Gasteiger charge is 2.11. The van der Waals surface area contributed by atoms with E-state index in [1.165, 1.54) is 16.9 Å². The molecule has 2 aromatic carbocycles. The standard InChI is InChI=1S/C21H21N3O3S/c1-2-15-8-10-18(11-9-15)27-13-20(26)24-21-23-17(14-28-21)12-19(25)22-16-6-4-3-5-7-16/h3-11,14H,2,12-13H2,1H3,(H,22,25)(H,23,24,26). The van der Waals surface area contributed by atoms with Gasteiger partial charge in [-0.15, -0.1) is 11.3 Å². The Balaban J connectivity index is 1.45. The first kappa shape index (κ1) is 19.6. The zero-order valence-corrected chi connectivity index (χ0v) is 16.3. The zero-order chi connectivity index (χ0) is 19.8. The van der Waals surface area contributed by atoms with Crippen LogP contribution in [0.2, 0.25) is 0 Å². The van der Waals surface area contributed by atoms with Gasteiger partial charge in [0, 0.05) is 11.1 Å². The van der Waals surface area contributed by atoms with Crippen LogP contribution in [0.4, 0.5) is 10.8 Å². The summed E-state index contributed by atoms with van der Waals surface area (Å²) in [5.41, 5.74) is 2.55. The second-order valence-corrected chi connectivity index (χ2v) is 6.93. The van der Waals surface area contributed by atoms with Gasteiger partial charge in [0.2, 0.25) is 5.91 Å². The lowest BCUT2D eigenvalue weighted by atomic mass is 10.2. The molecule has 0 radical (unpaired) electrons. The molecule has 28 heavy (non-hydrogen) atoms. The van der Waals surface area contributed by atoms with E-state index in [4.69, 9.17) is 4.74 Å². The number of amides is 2. The highest BCUT2D eigenvalue weighted by molar-refractivity contribution is 7.13. The third kappa shape index (κ3) is 5.92. The number of ether oxygens (including phenoxy) is 1. The molecular weight excluding hydrogens is 374 g/mol. The molecule has 0 saturated carbocycles. The molecule has 144 valence electrons. The second-order valence-electron chi connectivity index (χ2n) is 6.07. The minimum atomic E-state index is -0.297. The summed E-state index contributed by atoms with van der Waals surface area (Å²) in [4.78, 5) is 28.4. The van der Waals surface area contributed by atoms with Crippen molar-refractivity contribution >= 4 is 34.0 Å². The van der Waals surface area contributed by atoms with E-state index in [1.54, 1.807) is 5.38 Å². The van der Waals surface area contributed by atoms with Crippen LogP contribution >= 0.6 is 11.3 Å². The molecule has 3 rings (SSSR count). The van der Waals surface area contributed by atoms with Crippen molar-refractivity contribution in [3.05, 3.63) is 71.2 Å². The molecule has 7 heteroatoms. The lowest BCUT2D eigenvalue weighted by Crippen LogP contribution is -2.20. The molecule has 1 heterocycles. The number of aryl methyl sites for hydroxylation is 1. The minimum absolute atomic E-state index is 0.102. The van der Waals surface area contributed by atoms with Gasteiger partial charge in [-0.05, 0) is 36.2 Å². The topological polar surface area (TPSA) is 80.3 Å². The summed E-state index contributed by atoms with van der Waals surface area (Å²) >= 11 is 1.27. The summed E-state index contributed by atoms with van der Waals surface area (Å²) in [6.45, 7) is 1.98. The Bertz CT molecular complexity index is 924. The van der Waals surface area contributed by atoms with Gasteiger partial charge in [-0.1, -0.05) is 37.3 Å². The van der Waals surface area contributed by atoms with E-state index in [-0.39, 0.29) is 24.8 Å². The second kappa shape index (κ2) is 9.66. The number of carbonyl (C=O) groups is 2. The Kier molecular flexibility index (Phi) is 6.75. The smallest absolute Gasteiger partial charge is 0.264 e. The van der Waals surface area contributed by atoms with Crippen LogP contribution < -0.4 is 15.4 Å². The highest BCUT2D eigenvalue weighted by Crippen LogP contribution is 2.17. The molecule has 0 spiro atoms. The third-order valence-electron chi connectivity index (χ3n) is 3.90. The minimum Gasteiger partial charge on any atom is -0.484 e. The van der Waals surface area contributed by atoms with Crippen LogP contribution in [0.1, 0.15) is 18.2 Å². The average Bonchev–Trinajstić information content (AvgIpc) is 3.14. The van der Waals surface area contributed by atoms with E-state index in [1.807, 2.05) is 54.6 Å². The fourth-order valence-electron chi connectivity index (χ4n) is 2.46. The molecule has 2 amide bonds. The third-order valence-corrected chi connectivity index (χ3v) is 4.71. The van der Waals surface area contributed by atoms with E-state index < -0.39 is 0 Å². The maximum atomic E-state index is 12.1. The van der Waals surface area contributed by atoms with E-state index in [2.05, 4.69) is 22.5 Å². The van der Waals surface area contributed by atoms with Crippen molar-refractivity contribution in [1.29, 1.82) is 0 Å². The van der Waals surface area contributed by atoms with Crippen LogP contribution in [0, 0.1) is 0 Å². The number of thiazole rings is 1. The number of carbonyl (C=O) groups excluding carboxylic acids is 2. The van der Waals surface area contributed by atoms with E-state index >= 15 is 0 Å². The number of para-hydroxylation sites is 1. The quantitative estimate of drug-likeness (QED) is 0.606. The summed E-state index contributed by atoms with van der Waals surface area (Å²) in [6, 6.07) is 16.9. The van der Waals surface area contributed by atoms with Gasteiger partial charge in [-0.25, -0.2) is 4.98 Å². The number of aromatic nitrogens is 1. The van der Waals surface area contributed by atoms with Gasteiger partial charge in [-0.3, -0.25) is 14.9 Å². The van der Waals surface area contributed by atoms with Crippen molar-refractivity contribution in [2.75, 3.05) is 17.2 Å². The number of nitrogens with one attached hydrogen (secondary N) is 2. The number of nitrogens with zero attached hydrogens (tertiary/aromatic N) is 1. The van der Waals surface area contributed by atoms with Crippen LogP contribution in [0.3, 0.4) is 0 Å². The summed E-state index contributed by atoms with van der Waals surface area (Å²) in [5.74, 6) is 0.187. The summed E-state index contributed by atoms with van der Waals surface area (Å²) in [7, 11) is 0. The molecule has 0 fully saturated rings. The Morgan fingerprint density at radius 1 is 1.00 bits per heavy atom. The van der Waals surface area contributed by atoms with Gasteiger partial charge in [0.25, 0.3) is 5.91 Å². The van der Waals surface area contributed by atoms with E-state index in [9.17, 15) is 9.59 Å². The Labute approximate surface area is 167 Å².